The Kier molecular flexibility index (Phi) is 5.15. The van der Waals surface area contributed by atoms with Crippen molar-refractivity contribution in [3.05, 3.63) is 0 Å². The van der Waals surface area contributed by atoms with Gasteiger partial charge in [0.2, 0.25) is 11.8 Å². The van der Waals surface area contributed by atoms with Crippen LogP contribution in [-0.4, -0.2) is 62.8 Å². The molecular weight excluding hydrogens is 248 g/mol. The molecule has 0 aromatic rings. The molecule has 2 aliphatic rings. The molecule has 1 saturated carbocycles. The second-order valence-corrected chi connectivity index (χ2v) is 5.05. The Morgan fingerprint density at radius 3 is 2.74 bits per heavy atom. The van der Waals surface area contributed by atoms with E-state index in [4.69, 9.17) is 9.47 Å². The number of nitrogens with zero attached hydrogens (tertiary/aromatic N) is 1. The number of piperazine rings is 1. The SMILES string of the molecule is COCCCOCCN1C(=O)CNC(=O)C1C1CC1. The highest BCUT2D eigenvalue weighted by molar-refractivity contribution is 5.95. The number of carbonyl (C=O) groups excluding carboxylic acids is 2. The minimum atomic E-state index is -0.274. The lowest BCUT2D eigenvalue weighted by molar-refractivity contribution is -0.147. The van der Waals surface area contributed by atoms with E-state index in [0.29, 0.717) is 32.3 Å². The number of rotatable bonds is 8. The molecule has 1 heterocycles. The van der Waals surface area contributed by atoms with Gasteiger partial charge in [-0.05, 0) is 25.2 Å². The van der Waals surface area contributed by atoms with Gasteiger partial charge in [0.15, 0.2) is 0 Å². The minimum absolute atomic E-state index is 0.00279. The molecule has 0 bridgehead atoms. The van der Waals surface area contributed by atoms with Crippen LogP contribution >= 0.6 is 0 Å². The number of hydrogen-bond donors (Lipinski definition) is 1. The van der Waals surface area contributed by atoms with Gasteiger partial charge >= 0.3 is 0 Å². The summed E-state index contributed by atoms with van der Waals surface area (Å²) in [7, 11) is 1.66. The average Bonchev–Trinajstić information content (AvgIpc) is 3.22. The molecule has 6 heteroatoms. The predicted molar refractivity (Wildman–Crippen MR) is 68.5 cm³/mol. The van der Waals surface area contributed by atoms with E-state index in [1.54, 1.807) is 12.0 Å². The Morgan fingerprint density at radius 2 is 2.05 bits per heavy atom. The number of methoxy groups -OCH3 is 1. The predicted octanol–water partition coefficient (Wildman–Crippen LogP) is -0.223. The van der Waals surface area contributed by atoms with E-state index in [9.17, 15) is 9.59 Å². The first-order valence-electron chi connectivity index (χ1n) is 6.88. The third-order valence-corrected chi connectivity index (χ3v) is 3.52. The zero-order chi connectivity index (χ0) is 13.7. The maximum Gasteiger partial charge on any atom is 0.243 e. The Bertz CT molecular complexity index is 331. The molecule has 1 aliphatic carbocycles. The summed E-state index contributed by atoms with van der Waals surface area (Å²) in [5, 5.41) is 2.66. The second-order valence-electron chi connectivity index (χ2n) is 5.05. The van der Waals surface area contributed by atoms with Crippen LogP contribution in [0.3, 0.4) is 0 Å². The molecule has 1 N–H and O–H groups in total. The second kappa shape index (κ2) is 6.86. The van der Waals surface area contributed by atoms with E-state index >= 15 is 0 Å². The van der Waals surface area contributed by atoms with Crippen molar-refractivity contribution in [2.45, 2.75) is 25.3 Å². The Hall–Kier alpha value is -1.14. The summed E-state index contributed by atoms with van der Waals surface area (Å²) in [6.45, 7) is 2.39. The van der Waals surface area contributed by atoms with Crippen LogP contribution in [0.5, 0.6) is 0 Å². The molecule has 2 amide bonds. The van der Waals surface area contributed by atoms with E-state index in [0.717, 1.165) is 19.3 Å². The van der Waals surface area contributed by atoms with Crippen molar-refractivity contribution >= 4 is 11.8 Å². The van der Waals surface area contributed by atoms with Crippen LogP contribution in [0.15, 0.2) is 0 Å². The fraction of sp³-hybridized carbons (Fsp3) is 0.846. The fourth-order valence-electron chi connectivity index (χ4n) is 2.38. The van der Waals surface area contributed by atoms with Gasteiger partial charge in [-0.3, -0.25) is 9.59 Å². The van der Waals surface area contributed by atoms with E-state index in [1.807, 2.05) is 0 Å². The van der Waals surface area contributed by atoms with Crippen molar-refractivity contribution in [1.29, 1.82) is 0 Å². The maximum atomic E-state index is 11.9. The first-order chi connectivity index (χ1) is 9.24. The summed E-state index contributed by atoms with van der Waals surface area (Å²) in [5.74, 6) is 0.330. The van der Waals surface area contributed by atoms with Crippen LogP contribution in [0.2, 0.25) is 0 Å². The molecule has 0 aromatic heterocycles. The molecule has 1 unspecified atom stereocenters. The van der Waals surface area contributed by atoms with E-state index < -0.39 is 0 Å². The van der Waals surface area contributed by atoms with Gasteiger partial charge < -0.3 is 19.7 Å². The largest absolute Gasteiger partial charge is 0.385 e. The average molecular weight is 270 g/mol. The van der Waals surface area contributed by atoms with Gasteiger partial charge in [-0.25, -0.2) is 0 Å². The highest BCUT2D eigenvalue weighted by Crippen LogP contribution is 2.36. The summed E-state index contributed by atoms with van der Waals surface area (Å²) in [4.78, 5) is 25.4. The number of carbonyl (C=O) groups is 2. The quantitative estimate of drug-likeness (QED) is 0.619. The first-order valence-corrected chi connectivity index (χ1v) is 6.88. The highest BCUT2D eigenvalue weighted by atomic mass is 16.5. The van der Waals surface area contributed by atoms with E-state index in [2.05, 4.69) is 5.32 Å². The highest BCUT2D eigenvalue weighted by Gasteiger charge is 2.44. The molecule has 6 nitrogen and oxygen atoms in total. The molecule has 0 aromatic carbocycles. The summed E-state index contributed by atoms with van der Waals surface area (Å²) in [6, 6.07) is -0.274. The van der Waals surface area contributed by atoms with E-state index in [-0.39, 0.29) is 24.4 Å². The molecule has 0 spiro atoms. The number of nitrogens with one attached hydrogen (secondary N) is 1. The summed E-state index contributed by atoms with van der Waals surface area (Å²) >= 11 is 0. The van der Waals surface area contributed by atoms with Gasteiger partial charge in [-0.2, -0.15) is 0 Å². The zero-order valence-electron chi connectivity index (χ0n) is 11.4. The van der Waals surface area contributed by atoms with Crippen molar-refractivity contribution in [3.8, 4) is 0 Å². The van der Waals surface area contributed by atoms with Gasteiger partial charge in [0.05, 0.1) is 13.2 Å². The lowest BCUT2D eigenvalue weighted by atomic mass is 10.1. The number of hydrogen-bond acceptors (Lipinski definition) is 4. The van der Waals surface area contributed by atoms with Crippen molar-refractivity contribution < 1.29 is 19.1 Å². The lowest BCUT2D eigenvalue weighted by Crippen LogP contribution is -2.59. The molecule has 1 atom stereocenters. The first kappa shape index (κ1) is 14.3. The van der Waals surface area contributed by atoms with Crippen LogP contribution in [0.1, 0.15) is 19.3 Å². The van der Waals surface area contributed by atoms with Gasteiger partial charge in [-0.15, -0.1) is 0 Å². The molecule has 108 valence electrons. The van der Waals surface area contributed by atoms with Gasteiger partial charge in [0, 0.05) is 26.9 Å². The van der Waals surface area contributed by atoms with Gasteiger partial charge in [-0.1, -0.05) is 0 Å². The normalized spacial score (nSPS) is 23.6. The summed E-state index contributed by atoms with van der Waals surface area (Å²) < 4.78 is 10.4. The molecule has 19 heavy (non-hydrogen) atoms. The van der Waals surface area contributed by atoms with Crippen molar-refractivity contribution in [2.75, 3.05) is 40.0 Å². The maximum absolute atomic E-state index is 11.9. The monoisotopic (exact) mass is 270 g/mol. The van der Waals surface area contributed by atoms with Crippen LogP contribution in [0.4, 0.5) is 0 Å². The smallest absolute Gasteiger partial charge is 0.243 e. The zero-order valence-corrected chi connectivity index (χ0v) is 11.4. The molecule has 0 radical (unpaired) electrons. The Balaban J connectivity index is 1.75. The minimum Gasteiger partial charge on any atom is -0.385 e. The van der Waals surface area contributed by atoms with Crippen molar-refractivity contribution in [1.82, 2.24) is 10.2 Å². The topological polar surface area (TPSA) is 67.9 Å². The van der Waals surface area contributed by atoms with E-state index in [1.165, 1.54) is 0 Å². The number of ether oxygens (including phenoxy) is 2. The molecule has 1 saturated heterocycles. The third kappa shape index (κ3) is 3.91. The van der Waals surface area contributed by atoms with Crippen LogP contribution in [0.25, 0.3) is 0 Å². The molecule has 2 rings (SSSR count). The summed E-state index contributed by atoms with van der Waals surface area (Å²) in [5.41, 5.74) is 0. The lowest BCUT2D eigenvalue weighted by Gasteiger charge is -2.35. The molecule has 1 aliphatic heterocycles. The standard InChI is InChI=1S/C13H22N2O4/c1-18-6-2-7-19-8-5-15-11(16)9-14-13(17)12(15)10-3-4-10/h10,12H,2-9H2,1H3,(H,14,17). The van der Waals surface area contributed by atoms with Crippen LogP contribution < -0.4 is 5.32 Å². The molecule has 2 fully saturated rings. The van der Waals surface area contributed by atoms with Crippen LogP contribution in [-0.2, 0) is 19.1 Å². The van der Waals surface area contributed by atoms with Gasteiger partial charge in [0.25, 0.3) is 0 Å². The summed E-state index contributed by atoms with van der Waals surface area (Å²) in [6.07, 6.45) is 2.92. The fourth-order valence-corrected chi connectivity index (χ4v) is 2.38. The van der Waals surface area contributed by atoms with Gasteiger partial charge in [0.1, 0.15) is 6.04 Å². The molecular formula is C13H22N2O4. The Morgan fingerprint density at radius 1 is 1.26 bits per heavy atom. The Labute approximate surface area is 113 Å². The number of amides is 2. The van der Waals surface area contributed by atoms with Crippen molar-refractivity contribution in [3.63, 3.8) is 0 Å². The van der Waals surface area contributed by atoms with Crippen LogP contribution in [0, 0.1) is 5.92 Å². The third-order valence-electron chi connectivity index (χ3n) is 3.52. The van der Waals surface area contributed by atoms with Crippen molar-refractivity contribution in [2.24, 2.45) is 5.92 Å².